The maximum Gasteiger partial charge on any atom is 0.408 e. The van der Waals surface area contributed by atoms with Crippen LogP contribution in [0.25, 0.3) is 0 Å². The highest BCUT2D eigenvalue weighted by atomic mass is 16.6. The van der Waals surface area contributed by atoms with E-state index in [0.717, 1.165) is 0 Å². The second-order valence-electron chi connectivity index (χ2n) is 5.35. The topological polar surface area (TPSA) is 75.6 Å². The Morgan fingerprint density at radius 2 is 2.05 bits per heavy atom. The van der Waals surface area contributed by atoms with Crippen molar-refractivity contribution in [2.24, 2.45) is 0 Å². The summed E-state index contributed by atoms with van der Waals surface area (Å²) in [4.78, 5) is 22.6. The van der Waals surface area contributed by atoms with Gasteiger partial charge in [-0.15, -0.1) is 0 Å². The number of hydrogen-bond acceptors (Lipinski definition) is 4. The lowest BCUT2D eigenvalue weighted by molar-refractivity contribution is 0.0978. The summed E-state index contributed by atoms with van der Waals surface area (Å²) in [6, 6.07) is 4.35. The number of aromatic hydroxyl groups is 1. The first-order valence-corrected chi connectivity index (χ1v) is 6.00. The van der Waals surface area contributed by atoms with Crippen molar-refractivity contribution in [1.29, 1.82) is 0 Å². The molecule has 19 heavy (non-hydrogen) atoms. The molecular weight excluding hydrogens is 246 g/mol. The number of nitrogens with one attached hydrogen (secondary N) is 1. The summed E-state index contributed by atoms with van der Waals surface area (Å²) in [6.45, 7) is 7.20. The minimum atomic E-state index is -0.580. The summed E-state index contributed by atoms with van der Waals surface area (Å²) in [5, 5.41) is 12.0. The molecule has 5 nitrogen and oxygen atoms in total. The van der Waals surface area contributed by atoms with Crippen LogP contribution in [-0.4, -0.2) is 23.0 Å². The molecule has 1 aromatic carbocycles. The molecule has 0 radical (unpaired) electrons. The summed E-state index contributed by atoms with van der Waals surface area (Å²) in [5.41, 5.74) is 0.465. The van der Waals surface area contributed by atoms with Crippen molar-refractivity contribution in [3.05, 3.63) is 29.3 Å². The molecule has 0 saturated carbocycles. The Kier molecular flexibility index (Phi) is 4.53. The number of amides is 1. The van der Waals surface area contributed by atoms with Crippen molar-refractivity contribution in [3.63, 3.8) is 0 Å². The Bertz CT molecular complexity index is 477. The third-order valence-electron chi connectivity index (χ3n) is 2.40. The molecule has 5 heteroatoms. The number of phenols is 1. The zero-order valence-electron chi connectivity index (χ0n) is 11.6. The van der Waals surface area contributed by atoms with E-state index in [9.17, 15) is 14.7 Å². The third kappa shape index (κ3) is 4.62. The van der Waals surface area contributed by atoms with Crippen molar-refractivity contribution in [1.82, 2.24) is 5.32 Å². The molecule has 0 aliphatic heterocycles. The highest BCUT2D eigenvalue weighted by molar-refractivity contribution is 5.78. The molecule has 0 fully saturated rings. The van der Waals surface area contributed by atoms with Gasteiger partial charge in [0.1, 0.15) is 11.9 Å². The first-order chi connectivity index (χ1) is 8.73. The first-order valence-electron chi connectivity index (χ1n) is 6.00. The van der Waals surface area contributed by atoms with Crippen LogP contribution < -0.4 is 5.32 Å². The number of phenolic OH excluding ortho intramolecular Hbond substituents is 1. The van der Waals surface area contributed by atoms with E-state index in [1.54, 1.807) is 13.0 Å². The van der Waals surface area contributed by atoms with Crippen molar-refractivity contribution >= 4 is 12.4 Å². The van der Waals surface area contributed by atoms with Crippen LogP contribution in [0.3, 0.4) is 0 Å². The summed E-state index contributed by atoms with van der Waals surface area (Å²) in [7, 11) is 0. The van der Waals surface area contributed by atoms with Crippen LogP contribution in [0.15, 0.2) is 18.2 Å². The number of hydrogen-bond donors (Lipinski definition) is 2. The third-order valence-corrected chi connectivity index (χ3v) is 2.40. The van der Waals surface area contributed by atoms with Gasteiger partial charge < -0.3 is 15.2 Å². The van der Waals surface area contributed by atoms with Crippen molar-refractivity contribution < 1.29 is 19.4 Å². The predicted octanol–water partition coefficient (Wildman–Crippen LogP) is 2.79. The lowest BCUT2D eigenvalue weighted by Crippen LogP contribution is -2.41. The number of alkyl carbamates (subject to hydrolysis) is 1. The van der Waals surface area contributed by atoms with E-state index in [1.165, 1.54) is 12.1 Å². The molecule has 104 valence electrons. The Labute approximate surface area is 112 Å². The van der Waals surface area contributed by atoms with Crippen molar-refractivity contribution in [2.45, 2.75) is 39.3 Å². The zero-order chi connectivity index (χ0) is 14.6. The van der Waals surface area contributed by atoms with Crippen LogP contribution in [0.2, 0.25) is 0 Å². The van der Waals surface area contributed by atoms with E-state index in [2.05, 4.69) is 5.32 Å². The van der Waals surface area contributed by atoms with Crippen molar-refractivity contribution in [3.8, 4) is 5.75 Å². The van der Waals surface area contributed by atoms with Gasteiger partial charge in [-0.2, -0.15) is 0 Å². The van der Waals surface area contributed by atoms with Crippen LogP contribution in [0.5, 0.6) is 5.75 Å². The number of aldehydes is 1. The smallest absolute Gasteiger partial charge is 0.408 e. The van der Waals surface area contributed by atoms with Gasteiger partial charge in [-0.3, -0.25) is 4.79 Å². The molecule has 0 aliphatic rings. The van der Waals surface area contributed by atoms with Crippen LogP contribution >= 0.6 is 0 Å². The highest BCUT2D eigenvalue weighted by Crippen LogP contribution is 2.24. The average Bonchev–Trinajstić information content (AvgIpc) is 2.25. The summed E-state index contributed by atoms with van der Waals surface area (Å²) >= 11 is 0. The molecule has 0 aliphatic carbocycles. The van der Waals surface area contributed by atoms with Crippen LogP contribution in [0.1, 0.15) is 49.7 Å². The fourth-order valence-corrected chi connectivity index (χ4v) is 1.59. The Morgan fingerprint density at radius 1 is 1.42 bits per heavy atom. The van der Waals surface area contributed by atoms with Gasteiger partial charge >= 0.3 is 6.09 Å². The van der Waals surface area contributed by atoms with Gasteiger partial charge in [0, 0.05) is 16.7 Å². The second kappa shape index (κ2) is 5.73. The summed E-state index contributed by atoms with van der Waals surface area (Å²) < 4.78 is 5.20. The lowest BCUT2D eigenvalue weighted by Gasteiger charge is -2.22. The van der Waals surface area contributed by atoms with Gasteiger partial charge in [0.2, 0.25) is 0 Å². The maximum atomic E-state index is 11.6. The molecule has 1 amide bonds. The SMILES string of the molecule is C[C@H](OC(=O)NC(C)(C)C)c1ccc(O)cc1C=O. The number of benzene rings is 1. The molecular formula is C14H19NO4. The molecule has 0 unspecified atom stereocenters. The first kappa shape index (κ1) is 15.0. The molecule has 1 atom stereocenters. The lowest BCUT2D eigenvalue weighted by atomic mass is 10.0. The van der Waals surface area contributed by atoms with E-state index in [4.69, 9.17) is 4.74 Å². The van der Waals surface area contributed by atoms with Crippen LogP contribution in [-0.2, 0) is 4.74 Å². The van der Waals surface area contributed by atoms with Gasteiger partial charge in [-0.05, 0) is 39.8 Å². The minimum absolute atomic E-state index is 0.00260. The Hall–Kier alpha value is -2.04. The minimum Gasteiger partial charge on any atom is -0.508 e. The monoisotopic (exact) mass is 265 g/mol. The van der Waals surface area contributed by atoms with E-state index in [0.29, 0.717) is 17.4 Å². The second-order valence-corrected chi connectivity index (χ2v) is 5.35. The largest absolute Gasteiger partial charge is 0.508 e. The average molecular weight is 265 g/mol. The standard InChI is InChI=1S/C14H19NO4/c1-9(19-13(18)15-14(2,3)4)12-6-5-11(17)7-10(12)8-16/h5-9,17H,1-4H3,(H,15,18)/t9-/m0/s1. The highest BCUT2D eigenvalue weighted by Gasteiger charge is 2.19. The summed E-state index contributed by atoms with van der Waals surface area (Å²) in [5.74, 6) is -0.00260. The van der Waals surface area contributed by atoms with Gasteiger partial charge in [0.15, 0.2) is 6.29 Å². The maximum absolute atomic E-state index is 11.6. The van der Waals surface area contributed by atoms with E-state index >= 15 is 0 Å². The molecule has 2 N–H and O–H groups in total. The fourth-order valence-electron chi connectivity index (χ4n) is 1.59. The zero-order valence-corrected chi connectivity index (χ0v) is 11.6. The molecule has 0 saturated heterocycles. The fraction of sp³-hybridized carbons (Fsp3) is 0.429. The number of carbonyl (C=O) groups is 2. The quantitative estimate of drug-likeness (QED) is 0.824. The van der Waals surface area contributed by atoms with Gasteiger partial charge in [0.25, 0.3) is 0 Å². The molecule has 1 aromatic rings. The Morgan fingerprint density at radius 3 is 2.58 bits per heavy atom. The number of ether oxygens (including phenoxy) is 1. The van der Waals surface area contributed by atoms with Gasteiger partial charge in [-0.25, -0.2) is 4.79 Å². The van der Waals surface area contributed by atoms with Crippen LogP contribution in [0.4, 0.5) is 4.79 Å². The van der Waals surface area contributed by atoms with Crippen LogP contribution in [0, 0.1) is 0 Å². The number of rotatable bonds is 3. The molecule has 0 bridgehead atoms. The predicted molar refractivity (Wildman–Crippen MR) is 71.3 cm³/mol. The van der Waals surface area contributed by atoms with E-state index in [-0.39, 0.29) is 11.3 Å². The number of carbonyl (C=O) groups excluding carboxylic acids is 2. The molecule has 0 aromatic heterocycles. The molecule has 0 heterocycles. The normalized spacial score (nSPS) is 12.6. The molecule has 0 spiro atoms. The van der Waals surface area contributed by atoms with E-state index in [1.807, 2.05) is 20.8 Å². The van der Waals surface area contributed by atoms with Gasteiger partial charge in [0.05, 0.1) is 0 Å². The summed E-state index contributed by atoms with van der Waals surface area (Å²) in [6.07, 6.45) is -0.510. The molecule has 1 rings (SSSR count). The Balaban J connectivity index is 2.81. The van der Waals surface area contributed by atoms with Gasteiger partial charge in [-0.1, -0.05) is 6.07 Å². The van der Waals surface area contributed by atoms with E-state index < -0.39 is 12.2 Å². The van der Waals surface area contributed by atoms with Crippen molar-refractivity contribution in [2.75, 3.05) is 0 Å².